The third-order valence-electron chi connectivity index (χ3n) is 4.33. The molecule has 2 heteroatoms. The van der Waals surface area contributed by atoms with E-state index in [4.69, 9.17) is 0 Å². The number of aryl methyl sites for hydroxylation is 2. The number of hydrogen-bond acceptors (Lipinski definition) is 1. The summed E-state index contributed by atoms with van der Waals surface area (Å²) in [6, 6.07) is 17.4. The number of hydrogen-bond donors (Lipinski definition) is 0. The van der Waals surface area contributed by atoms with Crippen molar-refractivity contribution in [1.82, 2.24) is 4.98 Å². The lowest BCUT2D eigenvalue weighted by molar-refractivity contribution is -0.660. The number of nitrogens with zero attached hydrogens (tertiary/aromatic N) is 2. The Morgan fingerprint density at radius 2 is 1.68 bits per heavy atom. The van der Waals surface area contributed by atoms with Crippen LogP contribution in [-0.2, 0) is 7.05 Å². The van der Waals surface area contributed by atoms with Gasteiger partial charge in [-0.25, -0.2) is 0 Å². The largest absolute Gasteiger partial charge is 0.252 e. The van der Waals surface area contributed by atoms with Crippen LogP contribution in [0.25, 0.3) is 32.8 Å². The second-order valence-corrected chi connectivity index (χ2v) is 5.71. The minimum atomic E-state index is 1.14. The van der Waals surface area contributed by atoms with Gasteiger partial charge in [-0.05, 0) is 28.6 Å². The summed E-state index contributed by atoms with van der Waals surface area (Å²) in [5, 5.41) is 5.14. The van der Waals surface area contributed by atoms with Crippen molar-refractivity contribution in [2.24, 2.45) is 7.05 Å². The van der Waals surface area contributed by atoms with E-state index >= 15 is 0 Å². The molecule has 0 aliphatic rings. The second-order valence-electron chi connectivity index (χ2n) is 5.71. The molecule has 0 aliphatic carbocycles. The molecular weight excluding hydrogens is 268 g/mol. The summed E-state index contributed by atoms with van der Waals surface area (Å²) in [6.07, 6.45) is 5.77. The van der Waals surface area contributed by atoms with Crippen LogP contribution in [0.5, 0.6) is 0 Å². The first-order valence-corrected chi connectivity index (χ1v) is 7.47. The summed E-state index contributed by atoms with van der Waals surface area (Å²) in [4.78, 5) is 4.33. The molecule has 0 bridgehead atoms. The van der Waals surface area contributed by atoms with Crippen LogP contribution in [0, 0.1) is 6.92 Å². The molecule has 106 valence electrons. The van der Waals surface area contributed by atoms with Crippen molar-refractivity contribution in [2.45, 2.75) is 6.92 Å². The van der Waals surface area contributed by atoms with Crippen LogP contribution in [0.15, 0.2) is 67.1 Å². The minimum absolute atomic E-state index is 1.14. The summed E-state index contributed by atoms with van der Waals surface area (Å²) >= 11 is 0. The van der Waals surface area contributed by atoms with Gasteiger partial charge in [0.05, 0.1) is 18.0 Å². The minimum Gasteiger partial charge on any atom is -0.252 e. The highest BCUT2D eigenvalue weighted by atomic mass is 14.9. The molecule has 0 saturated heterocycles. The van der Waals surface area contributed by atoms with Gasteiger partial charge in [0.25, 0.3) is 0 Å². The molecule has 1 heterocycles. The fourth-order valence-electron chi connectivity index (χ4n) is 3.20. The molecule has 4 rings (SSSR count). The van der Waals surface area contributed by atoms with Gasteiger partial charge in [0.15, 0.2) is 6.20 Å². The van der Waals surface area contributed by atoms with E-state index in [1.807, 2.05) is 18.6 Å². The Bertz CT molecular complexity index is 1000. The lowest BCUT2D eigenvalue weighted by Gasteiger charge is -2.11. The summed E-state index contributed by atoms with van der Waals surface area (Å²) in [5.74, 6) is 0. The third-order valence-corrected chi connectivity index (χ3v) is 4.33. The molecule has 22 heavy (non-hydrogen) atoms. The number of aromatic nitrogens is 2. The highest BCUT2D eigenvalue weighted by Crippen LogP contribution is 2.35. The molecular formula is C20H17N2+. The van der Waals surface area contributed by atoms with Crippen molar-refractivity contribution >= 4 is 21.5 Å². The molecule has 0 fully saturated rings. The van der Waals surface area contributed by atoms with Gasteiger partial charge in [0, 0.05) is 5.39 Å². The molecule has 0 spiro atoms. The van der Waals surface area contributed by atoms with Crippen LogP contribution in [0.2, 0.25) is 0 Å². The molecule has 0 unspecified atom stereocenters. The van der Waals surface area contributed by atoms with Gasteiger partial charge in [-0.2, -0.15) is 4.57 Å². The lowest BCUT2D eigenvalue weighted by Crippen LogP contribution is -2.30. The van der Waals surface area contributed by atoms with Crippen LogP contribution in [-0.4, -0.2) is 4.98 Å². The van der Waals surface area contributed by atoms with Crippen LogP contribution in [0.1, 0.15) is 5.56 Å². The summed E-state index contributed by atoms with van der Waals surface area (Å²) in [6.45, 7) is 2.17. The second kappa shape index (κ2) is 4.92. The Morgan fingerprint density at radius 3 is 2.55 bits per heavy atom. The zero-order valence-electron chi connectivity index (χ0n) is 12.7. The predicted molar refractivity (Wildman–Crippen MR) is 90.6 cm³/mol. The van der Waals surface area contributed by atoms with Crippen molar-refractivity contribution in [3.63, 3.8) is 0 Å². The maximum atomic E-state index is 4.33. The molecule has 2 nitrogen and oxygen atoms in total. The predicted octanol–water partition coefficient (Wildman–Crippen LogP) is 4.19. The Hall–Kier alpha value is -2.74. The van der Waals surface area contributed by atoms with Crippen molar-refractivity contribution in [3.8, 4) is 11.3 Å². The van der Waals surface area contributed by atoms with E-state index in [2.05, 4.69) is 72.1 Å². The van der Waals surface area contributed by atoms with Gasteiger partial charge in [0.2, 0.25) is 5.69 Å². The maximum Gasteiger partial charge on any atom is 0.231 e. The summed E-state index contributed by atoms with van der Waals surface area (Å²) in [7, 11) is 2.07. The SMILES string of the molecule is Cc1ccc2ccc3ccccc3c2c1-c1cncc[n+]1C. The van der Waals surface area contributed by atoms with Crippen LogP contribution >= 0.6 is 0 Å². The molecule has 0 amide bonds. The van der Waals surface area contributed by atoms with E-state index < -0.39 is 0 Å². The first kappa shape index (κ1) is 13.0. The standard InChI is InChI=1S/C20H17N2/c1-14-7-8-16-10-9-15-5-3-4-6-17(15)20(16)19(14)18-13-21-11-12-22(18)2/h3-13H,1-2H3/q+1. The van der Waals surface area contributed by atoms with Crippen molar-refractivity contribution < 1.29 is 4.57 Å². The van der Waals surface area contributed by atoms with Crippen molar-refractivity contribution in [2.75, 3.05) is 0 Å². The first-order chi connectivity index (χ1) is 10.8. The highest BCUT2D eigenvalue weighted by Gasteiger charge is 2.17. The van der Waals surface area contributed by atoms with E-state index in [1.54, 1.807) is 0 Å². The lowest BCUT2D eigenvalue weighted by atomic mass is 9.93. The van der Waals surface area contributed by atoms with E-state index in [-0.39, 0.29) is 0 Å². The molecule has 0 atom stereocenters. The average Bonchev–Trinajstić information content (AvgIpc) is 2.55. The van der Waals surface area contributed by atoms with Gasteiger partial charge in [0.1, 0.15) is 7.05 Å². The molecule has 3 aromatic carbocycles. The number of rotatable bonds is 1. The Kier molecular flexibility index (Phi) is 2.90. The third kappa shape index (κ3) is 1.88. The average molecular weight is 285 g/mol. The van der Waals surface area contributed by atoms with Crippen LogP contribution in [0.4, 0.5) is 0 Å². The molecule has 1 aromatic heterocycles. The molecule has 0 saturated carbocycles. The first-order valence-electron chi connectivity index (χ1n) is 7.47. The maximum absolute atomic E-state index is 4.33. The normalized spacial score (nSPS) is 11.2. The van der Waals surface area contributed by atoms with E-state index in [0.29, 0.717) is 0 Å². The van der Waals surface area contributed by atoms with Crippen molar-refractivity contribution in [3.05, 3.63) is 72.7 Å². The highest BCUT2D eigenvalue weighted by molar-refractivity contribution is 6.14. The van der Waals surface area contributed by atoms with Gasteiger partial charge in [-0.15, -0.1) is 0 Å². The number of fused-ring (bicyclic) bond motifs is 3. The monoisotopic (exact) mass is 285 g/mol. The fourth-order valence-corrected chi connectivity index (χ4v) is 3.20. The smallest absolute Gasteiger partial charge is 0.231 e. The van der Waals surface area contributed by atoms with Crippen LogP contribution in [0.3, 0.4) is 0 Å². The molecule has 0 radical (unpaired) electrons. The fraction of sp³-hybridized carbons (Fsp3) is 0.100. The zero-order chi connectivity index (χ0) is 15.1. The summed E-state index contributed by atoms with van der Waals surface area (Å²) < 4.78 is 2.14. The Balaban J connectivity index is 2.24. The zero-order valence-corrected chi connectivity index (χ0v) is 12.7. The summed E-state index contributed by atoms with van der Waals surface area (Å²) in [5.41, 5.74) is 3.68. The van der Waals surface area contributed by atoms with E-state index in [9.17, 15) is 0 Å². The molecule has 0 aliphatic heterocycles. The van der Waals surface area contributed by atoms with Gasteiger partial charge < -0.3 is 0 Å². The van der Waals surface area contributed by atoms with Crippen molar-refractivity contribution in [1.29, 1.82) is 0 Å². The topological polar surface area (TPSA) is 16.8 Å². The van der Waals surface area contributed by atoms with Gasteiger partial charge in [-0.3, -0.25) is 4.98 Å². The Labute approximate surface area is 129 Å². The van der Waals surface area contributed by atoms with E-state index in [1.165, 1.54) is 32.7 Å². The number of benzene rings is 3. The van der Waals surface area contributed by atoms with Crippen LogP contribution < -0.4 is 4.57 Å². The quantitative estimate of drug-likeness (QED) is 0.378. The molecule has 4 aromatic rings. The van der Waals surface area contributed by atoms with Gasteiger partial charge in [-0.1, -0.05) is 48.5 Å². The Morgan fingerprint density at radius 1 is 0.909 bits per heavy atom. The van der Waals surface area contributed by atoms with E-state index in [0.717, 1.165) is 5.69 Å². The van der Waals surface area contributed by atoms with Gasteiger partial charge >= 0.3 is 0 Å². The molecule has 0 N–H and O–H groups in total.